The normalized spacial score (nSPS) is 18.1. The molecule has 4 nitrogen and oxygen atoms in total. The van der Waals surface area contributed by atoms with Crippen molar-refractivity contribution in [1.82, 2.24) is 14.5 Å². The number of benzene rings is 7. The molecule has 66 heavy (non-hydrogen) atoms. The summed E-state index contributed by atoms with van der Waals surface area (Å²) < 4.78 is 185. The van der Waals surface area contributed by atoms with Crippen LogP contribution in [0.5, 0.6) is 5.75 Å². The van der Waals surface area contributed by atoms with Gasteiger partial charge in [-0.05, 0) is 97.9 Å². The molecule has 5 heteroatoms. The fraction of sp³-hybridized carbons (Fsp3) is 0.213. The van der Waals surface area contributed by atoms with E-state index in [4.69, 9.17) is 38.8 Å². The van der Waals surface area contributed by atoms with Crippen LogP contribution in [0.15, 0.2) is 164 Å². The first-order valence-corrected chi connectivity index (χ1v) is 21.0. The average Bonchev–Trinajstić information content (AvgIpc) is 1.07. The first-order chi connectivity index (χ1) is 39.6. The molecule has 0 atom stereocenters. The van der Waals surface area contributed by atoms with E-state index >= 15 is 0 Å². The van der Waals surface area contributed by atoms with Crippen molar-refractivity contribution in [3.63, 3.8) is 0 Å². The Bertz CT molecular complexity index is 3930. The van der Waals surface area contributed by atoms with Crippen LogP contribution in [0.1, 0.15) is 113 Å². The standard InChI is InChI=1S/C61H58N3O.Pt/c1-39-32-49(28-29-50(39)43-20-15-12-16-21-43)64-55-23-17-22-51(56(55)63-58(64)52-37-48(60(5,6)7)38-53(57(52)65)61(8,9)10)45-33-46(35-47(34-45)59(2,3)4)54-36-44(30-31-62-54)42-26-24-41(25-27-42)40-18-13-11-14-19-40;/h11-32,34-38,65H,1-10H3;/q-1;/i1D3,5D3,6D3,7D3,8D3,9D3,10D3;. The monoisotopic (exact) mass is 1060 g/mol. The molecule has 0 bridgehead atoms. The molecular weight excluding hydrogens is 986 g/mol. The van der Waals surface area contributed by atoms with E-state index < -0.39 is 92.5 Å². The number of nitrogens with zero attached hydrogens (tertiary/aromatic N) is 3. The zero-order valence-corrected chi connectivity index (χ0v) is 38.5. The van der Waals surface area contributed by atoms with Crippen LogP contribution in [0.2, 0.25) is 0 Å². The summed E-state index contributed by atoms with van der Waals surface area (Å²) in [6.45, 7) is -21.8. The number of hydrogen-bond donors (Lipinski definition) is 1. The molecule has 2 heterocycles. The zero-order valence-electron chi connectivity index (χ0n) is 57.2. The van der Waals surface area contributed by atoms with E-state index in [9.17, 15) is 5.11 Å². The minimum absolute atomic E-state index is 0. The summed E-state index contributed by atoms with van der Waals surface area (Å²) in [5.74, 6) is -2.06. The van der Waals surface area contributed by atoms with Crippen molar-refractivity contribution in [3.8, 4) is 78.6 Å². The third-order valence-corrected chi connectivity index (χ3v) is 11.6. The summed E-state index contributed by atoms with van der Waals surface area (Å²) in [4.78, 5) is 9.83. The number of pyridine rings is 1. The van der Waals surface area contributed by atoms with Crippen LogP contribution < -0.4 is 0 Å². The van der Waals surface area contributed by atoms with Gasteiger partial charge in [0.15, 0.2) is 0 Å². The smallest absolute Gasteiger partial charge is 0.148 e. The molecule has 0 fully saturated rings. The fourth-order valence-electron chi connectivity index (χ4n) is 8.14. The molecule has 0 radical (unpaired) electrons. The summed E-state index contributed by atoms with van der Waals surface area (Å²) in [6.07, 6.45) is 1.67. The number of rotatable bonds is 7. The maximum absolute atomic E-state index is 13.0. The van der Waals surface area contributed by atoms with Gasteiger partial charge in [0.05, 0.1) is 16.6 Å². The molecule has 9 rings (SSSR count). The van der Waals surface area contributed by atoms with E-state index in [1.54, 1.807) is 48.7 Å². The molecule has 2 aromatic heterocycles. The van der Waals surface area contributed by atoms with Gasteiger partial charge in [-0.1, -0.05) is 188 Å². The van der Waals surface area contributed by atoms with Crippen molar-refractivity contribution in [1.29, 1.82) is 0 Å². The molecular formula is C61H58N3OPt-. The molecule has 0 saturated carbocycles. The number of aromatic hydroxyl groups is 1. The van der Waals surface area contributed by atoms with Crippen LogP contribution >= 0.6 is 0 Å². The summed E-state index contributed by atoms with van der Waals surface area (Å²) in [6, 6.07) is 47.5. The van der Waals surface area contributed by atoms with Gasteiger partial charge in [0.25, 0.3) is 0 Å². The van der Waals surface area contributed by atoms with Gasteiger partial charge < -0.3 is 5.11 Å². The Hall–Kier alpha value is -6.35. The first-order valence-electron chi connectivity index (χ1n) is 31.5. The Labute approximate surface area is 435 Å². The molecule has 334 valence electrons. The third kappa shape index (κ3) is 9.09. The van der Waals surface area contributed by atoms with Crippen LogP contribution in [0, 0.1) is 12.9 Å². The Morgan fingerprint density at radius 1 is 0.545 bits per heavy atom. The van der Waals surface area contributed by atoms with Crippen molar-refractivity contribution in [2.45, 2.75) is 85.0 Å². The SMILES string of the molecule is [2H]C([2H])([2H])c1cc(-n2c(-c3cc(C(C([2H])([2H])[2H])(C([2H])([2H])[2H])C([2H])([2H])[2H])cc(C(C([2H])([2H])[2H])(C([2H])([2H])[2H])C([2H])([2H])[2H])c3O)nc3c(-c4[c-]c(-c5cc(-c6ccc(-c7ccccc7)cc6)ccn5)cc(C(C)(C)C)c4)cccc32)ccc1-c1ccccc1.[Pt]. The van der Waals surface area contributed by atoms with Crippen LogP contribution in [0.3, 0.4) is 0 Å². The van der Waals surface area contributed by atoms with Gasteiger partial charge in [-0.3, -0.25) is 9.55 Å². The van der Waals surface area contributed by atoms with Crippen molar-refractivity contribution in [2.75, 3.05) is 0 Å². The van der Waals surface area contributed by atoms with Crippen molar-refractivity contribution in [2.24, 2.45) is 0 Å². The van der Waals surface area contributed by atoms with Gasteiger partial charge in [0, 0.05) is 73.0 Å². The molecule has 0 saturated heterocycles. The predicted octanol–water partition coefficient (Wildman–Crippen LogP) is 16.1. The minimum Gasteiger partial charge on any atom is -0.507 e. The third-order valence-electron chi connectivity index (χ3n) is 11.6. The number of phenolic OH excluding ortho intramolecular Hbond substituents is 1. The molecule has 0 aliphatic carbocycles. The molecule has 7 aromatic carbocycles. The van der Waals surface area contributed by atoms with Gasteiger partial charge in [-0.15, -0.1) is 29.3 Å². The van der Waals surface area contributed by atoms with Gasteiger partial charge >= 0.3 is 0 Å². The fourth-order valence-corrected chi connectivity index (χ4v) is 8.14. The number of imidazole rings is 1. The summed E-state index contributed by atoms with van der Waals surface area (Å²) in [5, 5.41) is 13.0. The van der Waals surface area contributed by atoms with Crippen LogP contribution in [0.25, 0.3) is 83.9 Å². The summed E-state index contributed by atoms with van der Waals surface area (Å²) in [5.41, 5.74) is -5.68. The van der Waals surface area contributed by atoms with E-state index in [2.05, 4.69) is 6.07 Å². The minimum atomic E-state index is -4.21. The van der Waals surface area contributed by atoms with E-state index in [-0.39, 0.29) is 55.0 Å². The van der Waals surface area contributed by atoms with E-state index in [0.29, 0.717) is 34.0 Å². The number of phenols is 1. The van der Waals surface area contributed by atoms with Crippen LogP contribution in [-0.2, 0) is 37.3 Å². The van der Waals surface area contributed by atoms with E-state index in [1.807, 2.05) is 99.6 Å². The van der Waals surface area contributed by atoms with Crippen molar-refractivity contribution >= 4 is 11.0 Å². The molecule has 0 aliphatic rings. The van der Waals surface area contributed by atoms with Gasteiger partial charge in [-0.2, -0.15) is 0 Å². The Morgan fingerprint density at radius 2 is 1.18 bits per heavy atom. The largest absolute Gasteiger partial charge is 0.507 e. The second-order valence-corrected chi connectivity index (χ2v) is 17.3. The second kappa shape index (κ2) is 17.8. The Morgan fingerprint density at radius 3 is 1.85 bits per heavy atom. The van der Waals surface area contributed by atoms with Gasteiger partial charge in [0.2, 0.25) is 0 Å². The zero-order chi connectivity index (χ0) is 63.3. The number of aryl methyl sites for hydroxylation is 1. The van der Waals surface area contributed by atoms with Crippen molar-refractivity contribution < 1.29 is 55.0 Å². The predicted molar refractivity (Wildman–Crippen MR) is 273 cm³/mol. The Balaban J connectivity index is 0.00000982. The summed E-state index contributed by atoms with van der Waals surface area (Å²) >= 11 is 0. The van der Waals surface area contributed by atoms with Crippen LogP contribution in [-0.4, -0.2) is 19.6 Å². The molecule has 0 aliphatic heterocycles. The summed E-state index contributed by atoms with van der Waals surface area (Å²) in [7, 11) is 0. The van der Waals surface area contributed by atoms with Gasteiger partial charge in [-0.25, -0.2) is 4.98 Å². The number of hydrogen-bond acceptors (Lipinski definition) is 3. The maximum Gasteiger partial charge on any atom is 0.148 e. The molecule has 0 spiro atoms. The van der Waals surface area contributed by atoms with E-state index in [0.717, 1.165) is 27.8 Å². The first kappa shape index (κ1) is 26.7. The topological polar surface area (TPSA) is 50.9 Å². The number of fused-ring (bicyclic) bond motifs is 1. The maximum atomic E-state index is 13.0. The average molecular weight is 1070 g/mol. The Kier molecular flexibility index (Phi) is 7.20. The molecule has 0 amide bonds. The number of para-hydroxylation sites is 1. The second-order valence-electron chi connectivity index (χ2n) is 17.3. The number of aromatic nitrogens is 3. The molecule has 1 N–H and O–H groups in total. The van der Waals surface area contributed by atoms with Crippen molar-refractivity contribution in [3.05, 3.63) is 192 Å². The molecule has 9 aromatic rings. The van der Waals surface area contributed by atoms with E-state index in [1.165, 1.54) is 28.8 Å². The molecule has 0 unspecified atom stereocenters. The van der Waals surface area contributed by atoms with Gasteiger partial charge in [0.1, 0.15) is 11.6 Å². The van der Waals surface area contributed by atoms with Crippen LogP contribution in [0.4, 0.5) is 0 Å². The quantitative estimate of drug-likeness (QED) is 0.162.